The van der Waals surface area contributed by atoms with E-state index in [1.54, 1.807) is 24.3 Å². The molecular weight excluding hydrogens is 336 g/mol. The number of halogens is 1. The maximum atomic E-state index is 11.9. The average Bonchev–Trinajstić information content (AvgIpc) is 2.58. The Balaban J connectivity index is 2.08. The molecular formula is C17H15ClO6. The largest absolute Gasteiger partial charge is 0.494 e. The molecule has 0 N–H and O–H groups in total. The van der Waals surface area contributed by atoms with E-state index in [0.717, 1.165) is 0 Å². The first-order valence-corrected chi connectivity index (χ1v) is 7.42. The molecule has 0 heterocycles. The fourth-order valence-electron chi connectivity index (χ4n) is 1.80. The smallest absolute Gasteiger partial charge is 0.423 e. The van der Waals surface area contributed by atoms with Gasteiger partial charge in [-0.2, -0.15) is 0 Å². The van der Waals surface area contributed by atoms with Crippen molar-refractivity contribution >= 4 is 23.5 Å². The lowest BCUT2D eigenvalue weighted by Gasteiger charge is -2.11. The Morgan fingerprint density at radius 3 is 2.25 bits per heavy atom. The van der Waals surface area contributed by atoms with Crippen molar-refractivity contribution in [2.24, 2.45) is 0 Å². The fraction of sp³-hybridized carbons (Fsp3) is 0.176. The second kappa shape index (κ2) is 8.21. The maximum absolute atomic E-state index is 11.9. The van der Waals surface area contributed by atoms with Crippen LogP contribution >= 0.6 is 11.6 Å². The first-order valence-electron chi connectivity index (χ1n) is 7.04. The molecule has 0 spiro atoms. The van der Waals surface area contributed by atoms with Crippen LogP contribution in [0.2, 0.25) is 5.02 Å². The second-order valence-electron chi connectivity index (χ2n) is 4.46. The van der Waals surface area contributed by atoms with Crippen LogP contribution in [0.25, 0.3) is 0 Å². The van der Waals surface area contributed by atoms with E-state index in [9.17, 15) is 9.59 Å². The molecule has 0 fully saturated rings. The van der Waals surface area contributed by atoms with E-state index in [1.165, 1.54) is 25.3 Å². The third kappa shape index (κ3) is 4.39. The van der Waals surface area contributed by atoms with Crippen molar-refractivity contribution in [2.45, 2.75) is 6.92 Å². The van der Waals surface area contributed by atoms with Gasteiger partial charge in [0.2, 0.25) is 0 Å². The van der Waals surface area contributed by atoms with Gasteiger partial charge in [-0.25, -0.2) is 9.59 Å². The molecule has 0 bridgehead atoms. The molecule has 0 radical (unpaired) electrons. The van der Waals surface area contributed by atoms with Crippen LogP contribution in [-0.4, -0.2) is 25.7 Å². The van der Waals surface area contributed by atoms with E-state index >= 15 is 0 Å². The van der Waals surface area contributed by atoms with Crippen molar-refractivity contribution in [3.8, 4) is 23.0 Å². The van der Waals surface area contributed by atoms with E-state index in [2.05, 4.69) is 0 Å². The van der Waals surface area contributed by atoms with Gasteiger partial charge in [-0.1, -0.05) is 23.7 Å². The van der Waals surface area contributed by atoms with Gasteiger partial charge in [0, 0.05) is 6.07 Å². The SMILES string of the molecule is CCOc1ccc(OC(=O)C(=O)Oc2ccccc2Cl)c(OC)c1. The summed E-state index contributed by atoms with van der Waals surface area (Å²) in [6.45, 7) is 2.32. The van der Waals surface area contributed by atoms with E-state index < -0.39 is 11.9 Å². The van der Waals surface area contributed by atoms with Crippen LogP contribution < -0.4 is 18.9 Å². The molecule has 2 rings (SSSR count). The van der Waals surface area contributed by atoms with Crippen molar-refractivity contribution in [3.63, 3.8) is 0 Å². The zero-order chi connectivity index (χ0) is 17.5. The van der Waals surface area contributed by atoms with Crippen molar-refractivity contribution in [1.29, 1.82) is 0 Å². The quantitative estimate of drug-likeness (QED) is 0.468. The number of ether oxygens (including phenoxy) is 4. The number of hydrogen-bond acceptors (Lipinski definition) is 6. The van der Waals surface area contributed by atoms with Crippen molar-refractivity contribution in [2.75, 3.05) is 13.7 Å². The molecule has 0 saturated heterocycles. The molecule has 24 heavy (non-hydrogen) atoms. The number of methoxy groups -OCH3 is 1. The van der Waals surface area contributed by atoms with E-state index in [4.69, 9.17) is 30.5 Å². The number of hydrogen-bond donors (Lipinski definition) is 0. The Hall–Kier alpha value is -2.73. The van der Waals surface area contributed by atoms with E-state index in [0.29, 0.717) is 12.4 Å². The molecule has 0 atom stereocenters. The zero-order valence-corrected chi connectivity index (χ0v) is 13.8. The van der Waals surface area contributed by atoms with Crippen LogP contribution in [0.4, 0.5) is 0 Å². The normalized spacial score (nSPS) is 9.96. The lowest BCUT2D eigenvalue weighted by molar-refractivity contribution is -0.156. The molecule has 0 aromatic heterocycles. The minimum Gasteiger partial charge on any atom is -0.494 e. The summed E-state index contributed by atoms with van der Waals surface area (Å²) in [7, 11) is 1.41. The van der Waals surface area contributed by atoms with Gasteiger partial charge >= 0.3 is 11.9 Å². The standard InChI is InChI=1S/C17H15ClO6/c1-3-22-11-8-9-14(15(10-11)21-2)24-17(20)16(19)23-13-7-5-4-6-12(13)18/h4-10H,3H2,1-2H3. The van der Waals surface area contributed by atoms with Gasteiger partial charge in [-0.3, -0.25) is 0 Å². The van der Waals surface area contributed by atoms with E-state index in [1.807, 2.05) is 6.92 Å². The van der Waals surface area contributed by atoms with E-state index in [-0.39, 0.29) is 22.3 Å². The highest BCUT2D eigenvalue weighted by Gasteiger charge is 2.22. The number of esters is 2. The number of para-hydroxylation sites is 1. The van der Waals surface area contributed by atoms with Gasteiger partial charge < -0.3 is 18.9 Å². The van der Waals surface area contributed by atoms with Crippen LogP contribution in [0.3, 0.4) is 0 Å². The van der Waals surface area contributed by atoms with Crippen LogP contribution in [0, 0.1) is 0 Å². The summed E-state index contributed by atoms with van der Waals surface area (Å²) in [6, 6.07) is 10.9. The third-order valence-corrected chi connectivity index (χ3v) is 3.17. The summed E-state index contributed by atoms with van der Waals surface area (Å²) >= 11 is 5.86. The molecule has 0 aliphatic heterocycles. The molecule has 126 valence electrons. The predicted octanol–water partition coefficient (Wildman–Crippen LogP) is 3.26. The molecule has 0 amide bonds. The molecule has 2 aromatic rings. The highest BCUT2D eigenvalue weighted by molar-refractivity contribution is 6.34. The predicted molar refractivity (Wildman–Crippen MR) is 86.9 cm³/mol. The lowest BCUT2D eigenvalue weighted by Crippen LogP contribution is -2.25. The number of carbonyl (C=O) groups excluding carboxylic acids is 2. The Bertz CT molecular complexity index is 744. The summed E-state index contributed by atoms with van der Waals surface area (Å²) in [5.74, 6) is -1.45. The Morgan fingerprint density at radius 2 is 1.62 bits per heavy atom. The summed E-state index contributed by atoms with van der Waals surface area (Å²) in [5.41, 5.74) is 0. The van der Waals surface area contributed by atoms with Crippen LogP contribution in [0.1, 0.15) is 6.92 Å². The molecule has 2 aromatic carbocycles. The van der Waals surface area contributed by atoms with Gasteiger partial charge in [0.05, 0.1) is 18.7 Å². The Labute approximate surface area is 143 Å². The highest BCUT2D eigenvalue weighted by Crippen LogP contribution is 2.31. The number of carbonyl (C=O) groups is 2. The topological polar surface area (TPSA) is 71.1 Å². The monoisotopic (exact) mass is 350 g/mol. The third-order valence-electron chi connectivity index (χ3n) is 2.85. The molecule has 0 aliphatic carbocycles. The highest BCUT2D eigenvalue weighted by atomic mass is 35.5. The molecule has 7 heteroatoms. The summed E-state index contributed by atoms with van der Waals surface area (Å²) < 4.78 is 20.4. The Morgan fingerprint density at radius 1 is 0.958 bits per heavy atom. The average molecular weight is 351 g/mol. The fourth-order valence-corrected chi connectivity index (χ4v) is 1.97. The minimum atomic E-state index is -1.20. The summed E-state index contributed by atoms with van der Waals surface area (Å²) in [6.07, 6.45) is 0. The number of benzene rings is 2. The van der Waals surface area contributed by atoms with Crippen LogP contribution in [0.5, 0.6) is 23.0 Å². The van der Waals surface area contributed by atoms with Gasteiger partial charge in [0.25, 0.3) is 0 Å². The molecule has 6 nitrogen and oxygen atoms in total. The first-order chi connectivity index (χ1) is 11.5. The molecule has 0 aliphatic rings. The van der Waals surface area contributed by atoms with Crippen LogP contribution in [0.15, 0.2) is 42.5 Å². The Kier molecular flexibility index (Phi) is 6.03. The van der Waals surface area contributed by atoms with Gasteiger partial charge in [0.15, 0.2) is 11.5 Å². The zero-order valence-electron chi connectivity index (χ0n) is 13.1. The summed E-state index contributed by atoms with van der Waals surface area (Å²) in [5, 5.41) is 0.206. The van der Waals surface area contributed by atoms with Crippen molar-refractivity contribution < 1.29 is 28.5 Å². The first kappa shape index (κ1) is 17.6. The molecule has 0 unspecified atom stereocenters. The van der Waals surface area contributed by atoms with Gasteiger partial charge in [0.1, 0.15) is 11.5 Å². The van der Waals surface area contributed by atoms with Crippen molar-refractivity contribution in [1.82, 2.24) is 0 Å². The minimum absolute atomic E-state index is 0.0692. The van der Waals surface area contributed by atoms with Gasteiger partial charge in [-0.05, 0) is 31.2 Å². The van der Waals surface area contributed by atoms with Crippen molar-refractivity contribution in [3.05, 3.63) is 47.5 Å². The molecule has 0 saturated carbocycles. The maximum Gasteiger partial charge on any atom is 0.423 e. The number of rotatable bonds is 5. The van der Waals surface area contributed by atoms with Crippen LogP contribution in [-0.2, 0) is 9.59 Å². The lowest BCUT2D eigenvalue weighted by atomic mass is 10.3. The van der Waals surface area contributed by atoms with Gasteiger partial charge in [-0.15, -0.1) is 0 Å². The second-order valence-corrected chi connectivity index (χ2v) is 4.86. The summed E-state index contributed by atoms with van der Waals surface area (Å²) in [4.78, 5) is 23.7.